The molecule has 0 aromatic heterocycles. The predicted molar refractivity (Wildman–Crippen MR) is 86.0 cm³/mol. The van der Waals surface area contributed by atoms with E-state index in [0.29, 0.717) is 6.04 Å². The van der Waals surface area contributed by atoms with E-state index in [9.17, 15) is 0 Å². The topological polar surface area (TPSA) is 29.3 Å². The zero-order valence-electron chi connectivity index (χ0n) is 12.0. The highest BCUT2D eigenvalue weighted by atomic mass is 15.2. The summed E-state index contributed by atoms with van der Waals surface area (Å²) in [5.74, 6) is 0. The highest BCUT2D eigenvalue weighted by Crippen LogP contribution is 2.35. The van der Waals surface area contributed by atoms with Crippen molar-refractivity contribution in [2.45, 2.75) is 32.2 Å². The maximum Gasteiger partial charge on any atom is 0.0540 e. The standard InChI is InChI=1S/C18H22N2/c1-2-17(15-8-5-10-16(19)13-15)20-12-6-9-14-7-3-4-11-18(14)20/h3-5,7-8,10-11,13,17H,2,6,9,12,19H2,1H3. The van der Waals surface area contributed by atoms with Crippen molar-refractivity contribution in [1.82, 2.24) is 0 Å². The number of para-hydroxylation sites is 1. The fraction of sp³-hybridized carbons (Fsp3) is 0.333. The van der Waals surface area contributed by atoms with Crippen molar-refractivity contribution in [3.8, 4) is 0 Å². The predicted octanol–water partition coefficient (Wildman–Crippen LogP) is 4.17. The maximum atomic E-state index is 5.96. The van der Waals surface area contributed by atoms with Gasteiger partial charge >= 0.3 is 0 Å². The molecule has 2 aromatic rings. The first kappa shape index (κ1) is 13.0. The van der Waals surface area contributed by atoms with Gasteiger partial charge in [0.2, 0.25) is 0 Å². The Balaban J connectivity index is 1.99. The lowest BCUT2D eigenvalue weighted by atomic mass is 9.95. The highest BCUT2D eigenvalue weighted by molar-refractivity contribution is 5.57. The molecule has 1 atom stereocenters. The third-order valence-electron chi connectivity index (χ3n) is 4.20. The molecule has 20 heavy (non-hydrogen) atoms. The molecule has 0 spiro atoms. The summed E-state index contributed by atoms with van der Waals surface area (Å²) in [6.07, 6.45) is 3.52. The third kappa shape index (κ3) is 2.38. The summed E-state index contributed by atoms with van der Waals surface area (Å²) in [5, 5.41) is 0. The van der Waals surface area contributed by atoms with Crippen molar-refractivity contribution in [2.75, 3.05) is 17.2 Å². The molecule has 2 heteroatoms. The molecule has 1 aliphatic rings. The van der Waals surface area contributed by atoms with Gasteiger partial charge in [-0.05, 0) is 48.6 Å². The van der Waals surface area contributed by atoms with Crippen LogP contribution in [0.5, 0.6) is 0 Å². The van der Waals surface area contributed by atoms with Crippen LogP contribution in [-0.2, 0) is 6.42 Å². The highest BCUT2D eigenvalue weighted by Gasteiger charge is 2.23. The SMILES string of the molecule is CCC(c1cccc(N)c1)N1CCCc2ccccc21. The van der Waals surface area contributed by atoms with Crippen LogP contribution in [0.15, 0.2) is 48.5 Å². The summed E-state index contributed by atoms with van der Waals surface area (Å²) < 4.78 is 0. The molecule has 104 valence electrons. The van der Waals surface area contributed by atoms with E-state index in [2.05, 4.69) is 54.3 Å². The van der Waals surface area contributed by atoms with E-state index in [1.165, 1.54) is 29.7 Å². The molecule has 1 aliphatic heterocycles. The molecule has 2 nitrogen and oxygen atoms in total. The molecule has 2 aromatic carbocycles. The van der Waals surface area contributed by atoms with Gasteiger partial charge in [-0.3, -0.25) is 0 Å². The minimum Gasteiger partial charge on any atom is -0.399 e. The van der Waals surface area contributed by atoms with Crippen LogP contribution >= 0.6 is 0 Å². The quantitative estimate of drug-likeness (QED) is 0.845. The molecule has 0 fully saturated rings. The number of hydrogen-bond donors (Lipinski definition) is 1. The summed E-state index contributed by atoms with van der Waals surface area (Å²) in [6.45, 7) is 3.38. The monoisotopic (exact) mass is 266 g/mol. The molecule has 0 radical (unpaired) electrons. The Kier molecular flexibility index (Phi) is 3.64. The maximum absolute atomic E-state index is 5.96. The van der Waals surface area contributed by atoms with Gasteiger partial charge in [0.15, 0.2) is 0 Å². The van der Waals surface area contributed by atoms with E-state index < -0.39 is 0 Å². The number of nitrogens with two attached hydrogens (primary N) is 1. The number of nitrogens with zero attached hydrogens (tertiary/aromatic N) is 1. The summed E-state index contributed by atoms with van der Waals surface area (Å²) in [5.41, 5.74) is 11.0. The Hall–Kier alpha value is -1.96. The largest absolute Gasteiger partial charge is 0.399 e. The number of fused-ring (bicyclic) bond motifs is 1. The summed E-state index contributed by atoms with van der Waals surface area (Å²) in [4.78, 5) is 2.55. The first-order valence-electron chi connectivity index (χ1n) is 7.49. The lowest BCUT2D eigenvalue weighted by molar-refractivity contribution is 0.568. The van der Waals surface area contributed by atoms with E-state index in [-0.39, 0.29) is 0 Å². The van der Waals surface area contributed by atoms with E-state index in [0.717, 1.165) is 18.7 Å². The van der Waals surface area contributed by atoms with Crippen LogP contribution in [0, 0.1) is 0 Å². The second kappa shape index (κ2) is 5.58. The first-order valence-corrected chi connectivity index (χ1v) is 7.49. The normalized spacial score (nSPS) is 15.8. The van der Waals surface area contributed by atoms with Gasteiger partial charge in [-0.1, -0.05) is 37.3 Å². The van der Waals surface area contributed by atoms with E-state index in [4.69, 9.17) is 5.73 Å². The van der Waals surface area contributed by atoms with Crippen LogP contribution < -0.4 is 10.6 Å². The van der Waals surface area contributed by atoms with Gasteiger partial charge in [0.25, 0.3) is 0 Å². The number of rotatable bonds is 3. The fourth-order valence-electron chi connectivity index (χ4n) is 3.29. The minimum atomic E-state index is 0.417. The number of hydrogen-bond acceptors (Lipinski definition) is 2. The van der Waals surface area contributed by atoms with Crippen LogP contribution in [0.2, 0.25) is 0 Å². The molecule has 0 amide bonds. The van der Waals surface area contributed by atoms with Crippen LogP contribution in [0.4, 0.5) is 11.4 Å². The van der Waals surface area contributed by atoms with Gasteiger partial charge in [-0.15, -0.1) is 0 Å². The average Bonchev–Trinajstić information content (AvgIpc) is 2.48. The van der Waals surface area contributed by atoms with E-state index in [1.807, 2.05) is 6.07 Å². The summed E-state index contributed by atoms with van der Waals surface area (Å²) in [7, 11) is 0. The minimum absolute atomic E-state index is 0.417. The van der Waals surface area contributed by atoms with Crippen LogP contribution in [0.1, 0.15) is 36.9 Å². The molecule has 2 N–H and O–H groups in total. The molecule has 0 bridgehead atoms. The lowest BCUT2D eigenvalue weighted by Gasteiger charge is -2.38. The van der Waals surface area contributed by atoms with Crippen molar-refractivity contribution in [3.63, 3.8) is 0 Å². The van der Waals surface area contributed by atoms with Gasteiger partial charge in [0.05, 0.1) is 6.04 Å². The Bertz CT molecular complexity index is 591. The Morgan fingerprint density at radius 1 is 1.15 bits per heavy atom. The molecular formula is C18H22N2. The number of nitrogen functional groups attached to an aromatic ring is 1. The second-order valence-electron chi connectivity index (χ2n) is 5.52. The molecule has 0 saturated carbocycles. The molecule has 3 rings (SSSR count). The third-order valence-corrected chi connectivity index (χ3v) is 4.20. The van der Waals surface area contributed by atoms with Crippen molar-refractivity contribution in [2.24, 2.45) is 0 Å². The molecule has 0 aliphatic carbocycles. The number of benzene rings is 2. The lowest BCUT2D eigenvalue weighted by Crippen LogP contribution is -2.33. The van der Waals surface area contributed by atoms with Crippen molar-refractivity contribution in [3.05, 3.63) is 59.7 Å². The van der Waals surface area contributed by atoms with Gasteiger partial charge in [0, 0.05) is 17.9 Å². The van der Waals surface area contributed by atoms with E-state index in [1.54, 1.807) is 0 Å². The zero-order chi connectivity index (χ0) is 13.9. The second-order valence-corrected chi connectivity index (χ2v) is 5.52. The zero-order valence-corrected chi connectivity index (χ0v) is 12.0. The van der Waals surface area contributed by atoms with Gasteiger partial charge in [0.1, 0.15) is 0 Å². The van der Waals surface area contributed by atoms with Crippen LogP contribution in [-0.4, -0.2) is 6.54 Å². The Labute approximate surface area is 121 Å². The summed E-state index contributed by atoms with van der Waals surface area (Å²) in [6, 6.07) is 17.5. The van der Waals surface area contributed by atoms with Crippen LogP contribution in [0.3, 0.4) is 0 Å². The molecule has 1 heterocycles. The fourth-order valence-corrected chi connectivity index (χ4v) is 3.29. The van der Waals surface area contributed by atoms with E-state index >= 15 is 0 Å². The first-order chi connectivity index (χ1) is 9.79. The Morgan fingerprint density at radius 3 is 2.80 bits per heavy atom. The van der Waals surface area contributed by atoms with Gasteiger partial charge in [-0.25, -0.2) is 0 Å². The van der Waals surface area contributed by atoms with Crippen LogP contribution in [0.25, 0.3) is 0 Å². The summed E-state index contributed by atoms with van der Waals surface area (Å²) >= 11 is 0. The van der Waals surface area contributed by atoms with Gasteiger partial charge in [-0.2, -0.15) is 0 Å². The van der Waals surface area contributed by atoms with Crippen molar-refractivity contribution < 1.29 is 0 Å². The van der Waals surface area contributed by atoms with Crippen molar-refractivity contribution >= 4 is 11.4 Å². The number of aryl methyl sites for hydroxylation is 1. The molecule has 1 unspecified atom stereocenters. The molecular weight excluding hydrogens is 244 g/mol. The smallest absolute Gasteiger partial charge is 0.0540 e. The number of anilines is 2. The Morgan fingerprint density at radius 2 is 2.00 bits per heavy atom. The van der Waals surface area contributed by atoms with Gasteiger partial charge < -0.3 is 10.6 Å². The molecule has 0 saturated heterocycles. The van der Waals surface area contributed by atoms with Crippen molar-refractivity contribution in [1.29, 1.82) is 0 Å². The average molecular weight is 266 g/mol.